The van der Waals surface area contributed by atoms with Crippen LogP contribution in [0.25, 0.3) is 0 Å². The summed E-state index contributed by atoms with van der Waals surface area (Å²) in [7, 11) is 0. The predicted octanol–water partition coefficient (Wildman–Crippen LogP) is 3.25. The lowest BCUT2D eigenvalue weighted by Crippen LogP contribution is -2.45. The Hall–Kier alpha value is -3.40. The maximum Gasteiger partial charge on any atom is 0.257 e. The number of anilines is 1. The lowest BCUT2D eigenvalue weighted by molar-refractivity contribution is -0.140. The van der Waals surface area contributed by atoms with Crippen LogP contribution < -0.4 is 4.90 Å². The number of nitrogens with zero attached hydrogens (tertiary/aromatic N) is 3. The van der Waals surface area contributed by atoms with Crippen LogP contribution in [0, 0.1) is 16.7 Å². The van der Waals surface area contributed by atoms with Gasteiger partial charge in [-0.1, -0.05) is 20.8 Å². The quantitative estimate of drug-likeness (QED) is 0.727. The molecule has 3 amide bonds. The Kier molecular flexibility index (Phi) is 5.55. The van der Waals surface area contributed by atoms with Gasteiger partial charge in [0.2, 0.25) is 11.8 Å². The number of carbonyl (C=O) groups excluding carboxylic acids is 3. The number of benzene rings is 1. The van der Waals surface area contributed by atoms with Gasteiger partial charge < -0.3 is 9.32 Å². The van der Waals surface area contributed by atoms with Gasteiger partial charge in [-0.2, -0.15) is 5.26 Å². The fraction of sp³-hybridized carbons (Fsp3) is 0.364. The van der Waals surface area contributed by atoms with E-state index < -0.39 is 11.9 Å². The Labute approximate surface area is 169 Å². The summed E-state index contributed by atoms with van der Waals surface area (Å²) in [4.78, 5) is 41.3. The SMILES string of the molecule is CC(C)(C)CC(=O)N(Cc1ccco1)C1CC(=O)N(c2ccc(C#N)cc2)C1=O. The van der Waals surface area contributed by atoms with Crippen molar-refractivity contribution >= 4 is 23.4 Å². The molecule has 2 heterocycles. The van der Waals surface area contributed by atoms with E-state index in [0.29, 0.717) is 17.0 Å². The van der Waals surface area contributed by atoms with Crippen LogP contribution in [0.5, 0.6) is 0 Å². The third-order valence-corrected chi connectivity index (χ3v) is 4.66. The van der Waals surface area contributed by atoms with E-state index in [2.05, 4.69) is 0 Å². The van der Waals surface area contributed by atoms with E-state index in [0.717, 1.165) is 4.90 Å². The molecular weight excluding hydrogens is 370 g/mol. The zero-order chi connectivity index (χ0) is 21.2. The Bertz CT molecular complexity index is 949. The van der Waals surface area contributed by atoms with Gasteiger partial charge in [0.25, 0.3) is 5.91 Å². The molecule has 1 aromatic carbocycles. The maximum atomic E-state index is 13.1. The number of rotatable bonds is 5. The summed E-state index contributed by atoms with van der Waals surface area (Å²) in [6.45, 7) is 5.95. The number of nitriles is 1. The Morgan fingerprint density at radius 2 is 1.93 bits per heavy atom. The first-order valence-corrected chi connectivity index (χ1v) is 9.38. The molecule has 0 spiro atoms. The highest BCUT2D eigenvalue weighted by Gasteiger charge is 2.44. The average molecular weight is 393 g/mol. The average Bonchev–Trinajstić information content (AvgIpc) is 3.26. The molecule has 1 aliphatic heterocycles. The van der Waals surface area contributed by atoms with Crippen LogP contribution in [0.15, 0.2) is 47.1 Å². The second kappa shape index (κ2) is 7.92. The molecule has 29 heavy (non-hydrogen) atoms. The van der Waals surface area contributed by atoms with Crippen molar-refractivity contribution in [3.05, 3.63) is 54.0 Å². The van der Waals surface area contributed by atoms with E-state index in [1.807, 2.05) is 26.8 Å². The third kappa shape index (κ3) is 4.54. The fourth-order valence-corrected chi connectivity index (χ4v) is 3.31. The molecule has 1 fully saturated rings. The van der Waals surface area contributed by atoms with Gasteiger partial charge in [-0.3, -0.25) is 14.4 Å². The van der Waals surface area contributed by atoms with Gasteiger partial charge in [-0.05, 0) is 41.8 Å². The van der Waals surface area contributed by atoms with Crippen molar-refractivity contribution in [1.82, 2.24) is 4.90 Å². The molecular formula is C22H23N3O4. The highest BCUT2D eigenvalue weighted by Crippen LogP contribution is 2.29. The van der Waals surface area contributed by atoms with E-state index in [9.17, 15) is 14.4 Å². The number of imide groups is 1. The number of amides is 3. The largest absolute Gasteiger partial charge is 0.467 e. The van der Waals surface area contributed by atoms with Gasteiger partial charge >= 0.3 is 0 Å². The monoisotopic (exact) mass is 393 g/mol. The van der Waals surface area contributed by atoms with Gasteiger partial charge in [-0.15, -0.1) is 0 Å². The van der Waals surface area contributed by atoms with Crippen LogP contribution in [0.1, 0.15) is 44.9 Å². The summed E-state index contributed by atoms with van der Waals surface area (Å²) in [5.74, 6) is -0.489. The van der Waals surface area contributed by atoms with E-state index in [1.165, 1.54) is 11.2 Å². The van der Waals surface area contributed by atoms with Crippen molar-refractivity contribution in [2.24, 2.45) is 5.41 Å². The second-order valence-electron chi connectivity index (χ2n) is 8.28. The second-order valence-corrected chi connectivity index (χ2v) is 8.28. The zero-order valence-corrected chi connectivity index (χ0v) is 16.7. The Balaban J connectivity index is 1.89. The van der Waals surface area contributed by atoms with Crippen LogP contribution in [-0.4, -0.2) is 28.7 Å². The summed E-state index contributed by atoms with van der Waals surface area (Å²) in [6, 6.07) is 10.8. The molecule has 7 nitrogen and oxygen atoms in total. The maximum absolute atomic E-state index is 13.1. The number of furan rings is 1. The first kappa shape index (κ1) is 20.3. The summed E-state index contributed by atoms with van der Waals surface area (Å²) in [5, 5.41) is 8.94. The Morgan fingerprint density at radius 1 is 1.24 bits per heavy atom. The molecule has 1 saturated heterocycles. The van der Waals surface area contributed by atoms with Crippen molar-refractivity contribution in [2.45, 2.75) is 46.2 Å². The highest BCUT2D eigenvalue weighted by molar-refractivity contribution is 6.23. The molecule has 0 bridgehead atoms. The molecule has 1 aromatic heterocycles. The predicted molar refractivity (Wildman–Crippen MR) is 105 cm³/mol. The van der Waals surface area contributed by atoms with E-state index in [4.69, 9.17) is 9.68 Å². The minimum absolute atomic E-state index is 0.0879. The standard InChI is InChI=1S/C22H23N3O4/c1-22(2,3)12-20(27)24(14-17-5-4-10-29-17)18-11-19(26)25(21(18)28)16-8-6-15(13-23)7-9-16/h4-10,18H,11-12,14H2,1-3H3. The normalized spacial score (nSPS) is 16.8. The molecule has 0 N–H and O–H groups in total. The lowest BCUT2D eigenvalue weighted by Gasteiger charge is -2.29. The summed E-state index contributed by atoms with van der Waals surface area (Å²) >= 11 is 0. The topological polar surface area (TPSA) is 94.6 Å². The number of carbonyl (C=O) groups is 3. The summed E-state index contributed by atoms with van der Waals surface area (Å²) in [5.41, 5.74) is 0.559. The molecule has 0 radical (unpaired) electrons. The smallest absolute Gasteiger partial charge is 0.257 e. The van der Waals surface area contributed by atoms with Crippen LogP contribution >= 0.6 is 0 Å². The molecule has 3 rings (SSSR count). The van der Waals surface area contributed by atoms with Crippen LogP contribution in [-0.2, 0) is 20.9 Å². The van der Waals surface area contributed by atoms with Crippen molar-refractivity contribution in [3.8, 4) is 6.07 Å². The van der Waals surface area contributed by atoms with Crippen molar-refractivity contribution < 1.29 is 18.8 Å². The first-order valence-electron chi connectivity index (χ1n) is 9.38. The molecule has 1 aliphatic rings. The number of hydrogen-bond acceptors (Lipinski definition) is 5. The number of hydrogen-bond donors (Lipinski definition) is 0. The van der Waals surface area contributed by atoms with Gasteiger partial charge in [0, 0.05) is 6.42 Å². The lowest BCUT2D eigenvalue weighted by atomic mass is 9.91. The van der Waals surface area contributed by atoms with Gasteiger partial charge in [0.1, 0.15) is 11.8 Å². The molecule has 7 heteroatoms. The van der Waals surface area contributed by atoms with E-state index in [1.54, 1.807) is 36.4 Å². The van der Waals surface area contributed by atoms with Gasteiger partial charge in [-0.25, -0.2) is 4.90 Å². The van der Waals surface area contributed by atoms with E-state index in [-0.39, 0.29) is 36.6 Å². The molecule has 1 atom stereocenters. The van der Waals surface area contributed by atoms with Crippen LogP contribution in [0.3, 0.4) is 0 Å². The molecule has 150 valence electrons. The minimum atomic E-state index is -0.891. The highest BCUT2D eigenvalue weighted by atomic mass is 16.3. The minimum Gasteiger partial charge on any atom is -0.467 e. The van der Waals surface area contributed by atoms with Gasteiger partial charge in [0.15, 0.2) is 0 Å². The molecule has 1 unspecified atom stereocenters. The first-order chi connectivity index (χ1) is 13.7. The molecule has 2 aromatic rings. The fourth-order valence-electron chi connectivity index (χ4n) is 3.31. The zero-order valence-electron chi connectivity index (χ0n) is 16.7. The third-order valence-electron chi connectivity index (χ3n) is 4.66. The molecule has 0 saturated carbocycles. The van der Waals surface area contributed by atoms with Crippen molar-refractivity contribution in [2.75, 3.05) is 4.90 Å². The van der Waals surface area contributed by atoms with Crippen molar-refractivity contribution in [1.29, 1.82) is 5.26 Å². The van der Waals surface area contributed by atoms with Crippen molar-refractivity contribution in [3.63, 3.8) is 0 Å². The molecule has 0 aliphatic carbocycles. The van der Waals surface area contributed by atoms with E-state index >= 15 is 0 Å². The Morgan fingerprint density at radius 3 is 2.48 bits per heavy atom. The summed E-state index contributed by atoms with van der Waals surface area (Å²) < 4.78 is 5.37. The summed E-state index contributed by atoms with van der Waals surface area (Å²) in [6.07, 6.45) is 1.66. The van der Waals surface area contributed by atoms with Crippen LogP contribution in [0.4, 0.5) is 5.69 Å². The van der Waals surface area contributed by atoms with Gasteiger partial charge in [0.05, 0.1) is 36.5 Å². The van der Waals surface area contributed by atoms with Crippen LogP contribution in [0.2, 0.25) is 0 Å².